The highest BCUT2D eigenvalue weighted by molar-refractivity contribution is 5.44. The molecular formula is C11H17FN4. The van der Waals surface area contributed by atoms with Crippen molar-refractivity contribution in [3.8, 4) is 0 Å². The topological polar surface area (TPSA) is 41.1 Å². The summed E-state index contributed by atoms with van der Waals surface area (Å²) in [6.45, 7) is 3.60. The molecule has 1 aliphatic rings. The van der Waals surface area contributed by atoms with Crippen LogP contribution in [0.25, 0.3) is 0 Å². The number of aromatic nitrogens is 2. The van der Waals surface area contributed by atoms with E-state index in [2.05, 4.69) is 20.2 Å². The first-order valence-corrected chi connectivity index (χ1v) is 5.69. The van der Waals surface area contributed by atoms with Crippen molar-refractivity contribution in [3.05, 3.63) is 11.5 Å². The van der Waals surface area contributed by atoms with Gasteiger partial charge in [-0.3, -0.25) is 0 Å². The van der Waals surface area contributed by atoms with Gasteiger partial charge in [0.2, 0.25) is 5.95 Å². The van der Waals surface area contributed by atoms with Crippen molar-refractivity contribution < 1.29 is 4.39 Å². The highest BCUT2D eigenvalue weighted by Crippen LogP contribution is 2.20. The Hall–Kier alpha value is -1.39. The minimum Gasteiger partial charge on any atom is -0.371 e. The van der Waals surface area contributed by atoms with E-state index in [-0.39, 0.29) is 11.6 Å². The Labute approximate surface area is 94.9 Å². The molecule has 0 spiro atoms. The van der Waals surface area contributed by atoms with E-state index < -0.39 is 0 Å². The summed E-state index contributed by atoms with van der Waals surface area (Å²) in [5, 5.41) is 2.76. The quantitative estimate of drug-likeness (QED) is 0.833. The van der Waals surface area contributed by atoms with Crippen LogP contribution in [0.2, 0.25) is 0 Å². The summed E-state index contributed by atoms with van der Waals surface area (Å²) < 4.78 is 13.5. The van der Waals surface area contributed by atoms with Gasteiger partial charge >= 0.3 is 0 Å². The first-order chi connectivity index (χ1) is 7.72. The molecule has 2 rings (SSSR count). The summed E-state index contributed by atoms with van der Waals surface area (Å²) in [7, 11) is 1.67. The molecule has 0 bridgehead atoms. The Morgan fingerprint density at radius 2 is 1.88 bits per heavy atom. The molecule has 0 atom stereocenters. The normalized spacial score (nSPS) is 16.3. The lowest BCUT2D eigenvalue weighted by molar-refractivity contribution is 0.560. The summed E-state index contributed by atoms with van der Waals surface area (Å²) >= 11 is 0. The van der Waals surface area contributed by atoms with Crippen molar-refractivity contribution in [2.24, 2.45) is 0 Å². The van der Waals surface area contributed by atoms with E-state index in [9.17, 15) is 4.39 Å². The summed E-state index contributed by atoms with van der Waals surface area (Å²) in [5.74, 6) is 0.569. The van der Waals surface area contributed by atoms with Gasteiger partial charge in [-0.2, -0.15) is 4.98 Å². The predicted octanol–water partition coefficient (Wildman–Crippen LogP) is 1.96. The van der Waals surface area contributed by atoms with Crippen LogP contribution in [0.5, 0.6) is 0 Å². The fourth-order valence-electron chi connectivity index (χ4n) is 1.95. The molecule has 0 aromatic carbocycles. The molecule has 0 aliphatic carbocycles. The zero-order chi connectivity index (χ0) is 11.5. The van der Waals surface area contributed by atoms with Gasteiger partial charge in [0.05, 0.1) is 5.69 Å². The number of anilines is 2. The number of piperidine rings is 1. The van der Waals surface area contributed by atoms with Crippen molar-refractivity contribution in [2.75, 3.05) is 30.4 Å². The van der Waals surface area contributed by atoms with Crippen molar-refractivity contribution in [1.29, 1.82) is 0 Å². The van der Waals surface area contributed by atoms with Crippen LogP contribution in [-0.2, 0) is 0 Å². The van der Waals surface area contributed by atoms with Crippen LogP contribution in [0.4, 0.5) is 16.2 Å². The fourth-order valence-corrected chi connectivity index (χ4v) is 1.95. The smallest absolute Gasteiger partial charge is 0.227 e. The molecule has 88 valence electrons. The summed E-state index contributed by atoms with van der Waals surface area (Å²) in [6.07, 6.45) is 3.58. The second kappa shape index (κ2) is 4.63. The first-order valence-electron chi connectivity index (χ1n) is 5.69. The third-order valence-corrected chi connectivity index (χ3v) is 2.88. The Morgan fingerprint density at radius 1 is 1.19 bits per heavy atom. The molecule has 1 aromatic heterocycles. The van der Waals surface area contributed by atoms with E-state index >= 15 is 0 Å². The van der Waals surface area contributed by atoms with Crippen LogP contribution in [0.3, 0.4) is 0 Å². The summed E-state index contributed by atoms with van der Waals surface area (Å²) in [6, 6.07) is 0. The van der Waals surface area contributed by atoms with Crippen molar-refractivity contribution in [2.45, 2.75) is 26.2 Å². The predicted molar refractivity (Wildman–Crippen MR) is 62.3 cm³/mol. The lowest BCUT2D eigenvalue weighted by Crippen LogP contribution is -2.31. The molecular weight excluding hydrogens is 207 g/mol. The van der Waals surface area contributed by atoms with Gasteiger partial charge in [0, 0.05) is 20.1 Å². The summed E-state index contributed by atoms with van der Waals surface area (Å²) in [5.41, 5.74) is 0.403. The molecule has 1 saturated heterocycles. The molecule has 16 heavy (non-hydrogen) atoms. The van der Waals surface area contributed by atoms with Crippen LogP contribution in [0.15, 0.2) is 0 Å². The molecule has 1 fully saturated rings. The highest BCUT2D eigenvalue weighted by atomic mass is 19.1. The first kappa shape index (κ1) is 11.1. The van der Waals surface area contributed by atoms with Gasteiger partial charge in [-0.25, -0.2) is 9.37 Å². The standard InChI is InChI=1S/C11H17FN4/c1-8-9(12)10(13-2)15-11(14-8)16-6-4-3-5-7-16/h3-7H2,1-2H3,(H,13,14,15). The van der Waals surface area contributed by atoms with Crippen molar-refractivity contribution in [3.63, 3.8) is 0 Å². The van der Waals surface area contributed by atoms with Crippen LogP contribution in [0, 0.1) is 12.7 Å². The van der Waals surface area contributed by atoms with Crippen LogP contribution < -0.4 is 10.2 Å². The number of rotatable bonds is 2. The molecule has 0 amide bonds. The van der Waals surface area contributed by atoms with E-state index in [0.717, 1.165) is 25.9 Å². The minimum absolute atomic E-state index is 0.285. The van der Waals surface area contributed by atoms with Gasteiger partial charge < -0.3 is 10.2 Å². The molecule has 0 radical (unpaired) electrons. The minimum atomic E-state index is -0.358. The molecule has 0 unspecified atom stereocenters. The number of nitrogens with one attached hydrogen (secondary N) is 1. The maximum absolute atomic E-state index is 13.5. The number of nitrogens with zero attached hydrogens (tertiary/aromatic N) is 3. The Balaban J connectivity index is 2.29. The van der Waals surface area contributed by atoms with Gasteiger partial charge in [-0.05, 0) is 26.2 Å². The third kappa shape index (κ3) is 2.08. The van der Waals surface area contributed by atoms with Crippen molar-refractivity contribution >= 4 is 11.8 Å². The van der Waals surface area contributed by atoms with E-state index in [1.54, 1.807) is 14.0 Å². The highest BCUT2D eigenvalue weighted by Gasteiger charge is 2.17. The van der Waals surface area contributed by atoms with E-state index in [1.807, 2.05) is 0 Å². The third-order valence-electron chi connectivity index (χ3n) is 2.88. The van der Waals surface area contributed by atoms with E-state index in [1.165, 1.54) is 6.42 Å². The Kier molecular flexibility index (Phi) is 3.22. The van der Waals surface area contributed by atoms with Crippen LogP contribution >= 0.6 is 0 Å². The number of aryl methyl sites for hydroxylation is 1. The largest absolute Gasteiger partial charge is 0.371 e. The lowest BCUT2D eigenvalue weighted by atomic mass is 10.1. The molecule has 1 aliphatic heterocycles. The maximum Gasteiger partial charge on any atom is 0.227 e. The van der Waals surface area contributed by atoms with Crippen LogP contribution in [0.1, 0.15) is 25.0 Å². The molecule has 0 saturated carbocycles. The van der Waals surface area contributed by atoms with Crippen molar-refractivity contribution in [1.82, 2.24) is 9.97 Å². The average molecular weight is 224 g/mol. The van der Waals surface area contributed by atoms with Gasteiger partial charge in [0.1, 0.15) is 0 Å². The molecule has 1 aromatic rings. The van der Waals surface area contributed by atoms with Crippen LogP contribution in [-0.4, -0.2) is 30.1 Å². The molecule has 2 heterocycles. The monoisotopic (exact) mass is 224 g/mol. The number of halogens is 1. The van der Waals surface area contributed by atoms with Gasteiger partial charge in [-0.1, -0.05) is 0 Å². The SMILES string of the molecule is CNc1nc(N2CCCCC2)nc(C)c1F. The summed E-state index contributed by atoms with van der Waals surface area (Å²) in [4.78, 5) is 10.5. The maximum atomic E-state index is 13.5. The Morgan fingerprint density at radius 3 is 2.50 bits per heavy atom. The second-order valence-electron chi connectivity index (χ2n) is 4.07. The van der Waals surface area contributed by atoms with E-state index in [0.29, 0.717) is 11.6 Å². The zero-order valence-corrected chi connectivity index (χ0v) is 9.76. The fraction of sp³-hybridized carbons (Fsp3) is 0.636. The van der Waals surface area contributed by atoms with Gasteiger partial charge in [-0.15, -0.1) is 0 Å². The molecule has 4 nitrogen and oxygen atoms in total. The number of hydrogen-bond acceptors (Lipinski definition) is 4. The zero-order valence-electron chi connectivity index (χ0n) is 9.76. The Bertz CT molecular complexity index is 374. The number of hydrogen-bond donors (Lipinski definition) is 1. The van der Waals surface area contributed by atoms with Gasteiger partial charge in [0.25, 0.3) is 0 Å². The average Bonchev–Trinajstić information content (AvgIpc) is 2.33. The second-order valence-corrected chi connectivity index (χ2v) is 4.07. The lowest BCUT2D eigenvalue weighted by Gasteiger charge is -2.27. The van der Waals surface area contributed by atoms with E-state index in [4.69, 9.17) is 0 Å². The molecule has 1 N–H and O–H groups in total. The van der Waals surface area contributed by atoms with Gasteiger partial charge in [0.15, 0.2) is 11.6 Å². The molecule has 5 heteroatoms.